The highest BCUT2D eigenvalue weighted by atomic mass is 19.1. The molecular formula is C14H19F2N. The standard InChI is InChI=1S/C14H19F2N/c1-3-8-17-10-11(4-2)9-12-13(15)6-5-7-14(12)16/h5-7,9,17H,3-4,8,10H2,1-2H3. The van der Waals surface area contributed by atoms with E-state index in [1.54, 1.807) is 6.08 Å². The first-order valence-electron chi connectivity index (χ1n) is 6.03. The van der Waals surface area contributed by atoms with E-state index in [2.05, 4.69) is 12.2 Å². The normalized spacial score (nSPS) is 11.9. The van der Waals surface area contributed by atoms with Crippen molar-refractivity contribution in [1.29, 1.82) is 0 Å². The molecule has 0 amide bonds. The highest BCUT2D eigenvalue weighted by Crippen LogP contribution is 2.16. The van der Waals surface area contributed by atoms with Crippen molar-refractivity contribution in [2.24, 2.45) is 0 Å². The molecule has 0 spiro atoms. The third-order valence-electron chi connectivity index (χ3n) is 2.58. The van der Waals surface area contributed by atoms with E-state index in [1.807, 2.05) is 6.92 Å². The molecule has 0 aliphatic carbocycles. The zero-order chi connectivity index (χ0) is 12.7. The number of halogens is 2. The Bertz CT molecular complexity index is 366. The van der Waals surface area contributed by atoms with Gasteiger partial charge in [-0.15, -0.1) is 0 Å². The number of hydrogen-bond acceptors (Lipinski definition) is 1. The fourth-order valence-corrected chi connectivity index (χ4v) is 1.56. The first kappa shape index (κ1) is 13.8. The quantitative estimate of drug-likeness (QED) is 0.745. The van der Waals surface area contributed by atoms with Gasteiger partial charge in [0, 0.05) is 12.1 Å². The van der Waals surface area contributed by atoms with Gasteiger partial charge < -0.3 is 5.32 Å². The van der Waals surface area contributed by atoms with Crippen molar-refractivity contribution in [2.75, 3.05) is 13.1 Å². The molecule has 1 nitrogen and oxygen atoms in total. The number of rotatable bonds is 6. The molecular weight excluding hydrogens is 220 g/mol. The van der Waals surface area contributed by atoms with E-state index in [4.69, 9.17) is 0 Å². The highest BCUT2D eigenvalue weighted by molar-refractivity contribution is 5.54. The monoisotopic (exact) mass is 239 g/mol. The lowest BCUT2D eigenvalue weighted by atomic mass is 10.1. The van der Waals surface area contributed by atoms with Gasteiger partial charge in [0.05, 0.1) is 0 Å². The van der Waals surface area contributed by atoms with E-state index < -0.39 is 11.6 Å². The molecule has 3 heteroatoms. The summed E-state index contributed by atoms with van der Waals surface area (Å²) in [6.07, 6.45) is 3.43. The minimum absolute atomic E-state index is 0.0580. The van der Waals surface area contributed by atoms with Gasteiger partial charge >= 0.3 is 0 Å². The molecule has 17 heavy (non-hydrogen) atoms. The van der Waals surface area contributed by atoms with Gasteiger partial charge in [0.1, 0.15) is 11.6 Å². The van der Waals surface area contributed by atoms with Gasteiger partial charge in [0.25, 0.3) is 0 Å². The van der Waals surface area contributed by atoms with E-state index in [-0.39, 0.29) is 5.56 Å². The van der Waals surface area contributed by atoms with Gasteiger partial charge in [-0.3, -0.25) is 0 Å². The predicted molar refractivity (Wildman–Crippen MR) is 67.8 cm³/mol. The molecule has 0 bridgehead atoms. The molecule has 1 aromatic carbocycles. The lowest BCUT2D eigenvalue weighted by Crippen LogP contribution is -2.17. The summed E-state index contributed by atoms with van der Waals surface area (Å²) >= 11 is 0. The molecule has 0 fully saturated rings. The van der Waals surface area contributed by atoms with Crippen LogP contribution in [0.2, 0.25) is 0 Å². The molecule has 0 unspecified atom stereocenters. The third-order valence-corrected chi connectivity index (χ3v) is 2.58. The van der Waals surface area contributed by atoms with Crippen LogP contribution in [0.15, 0.2) is 23.8 Å². The van der Waals surface area contributed by atoms with Crippen molar-refractivity contribution in [2.45, 2.75) is 26.7 Å². The first-order chi connectivity index (χ1) is 8.19. The average Bonchev–Trinajstić information content (AvgIpc) is 2.32. The lowest BCUT2D eigenvalue weighted by Gasteiger charge is -2.07. The fraction of sp³-hybridized carbons (Fsp3) is 0.429. The summed E-state index contributed by atoms with van der Waals surface area (Å²) in [6, 6.07) is 3.94. The van der Waals surface area contributed by atoms with Crippen LogP contribution in [0.5, 0.6) is 0 Å². The summed E-state index contributed by atoms with van der Waals surface area (Å²) in [6.45, 7) is 5.66. The summed E-state index contributed by atoms with van der Waals surface area (Å²) < 4.78 is 26.9. The average molecular weight is 239 g/mol. The van der Waals surface area contributed by atoms with E-state index in [9.17, 15) is 8.78 Å². The zero-order valence-electron chi connectivity index (χ0n) is 10.4. The largest absolute Gasteiger partial charge is 0.313 e. The Hall–Kier alpha value is -1.22. The molecule has 94 valence electrons. The van der Waals surface area contributed by atoms with Crippen LogP contribution in [0, 0.1) is 11.6 Å². The van der Waals surface area contributed by atoms with Crippen LogP contribution >= 0.6 is 0 Å². The van der Waals surface area contributed by atoms with Gasteiger partial charge in [0.2, 0.25) is 0 Å². The smallest absolute Gasteiger partial charge is 0.133 e. The van der Waals surface area contributed by atoms with Crippen LogP contribution < -0.4 is 5.32 Å². The Balaban J connectivity index is 2.83. The number of hydrogen-bond donors (Lipinski definition) is 1. The van der Waals surface area contributed by atoms with E-state index in [0.29, 0.717) is 6.54 Å². The zero-order valence-corrected chi connectivity index (χ0v) is 10.4. The molecule has 0 radical (unpaired) electrons. The van der Waals surface area contributed by atoms with E-state index >= 15 is 0 Å². The molecule has 1 N–H and O–H groups in total. The lowest BCUT2D eigenvalue weighted by molar-refractivity contribution is 0.578. The summed E-state index contributed by atoms with van der Waals surface area (Å²) in [5, 5.41) is 3.23. The molecule has 0 heterocycles. The number of benzene rings is 1. The molecule has 0 aliphatic heterocycles. The molecule has 0 saturated carbocycles. The maximum atomic E-state index is 13.4. The van der Waals surface area contributed by atoms with Gasteiger partial charge in [-0.2, -0.15) is 0 Å². The maximum absolute atomic E-state index is 13.4. The Kier molecular flexibility index (Phi) is 5.84. The van der Waals surface area contributed by atoms with Crippen LogP contribution in [-0.2, 0) is 0 Å². The Morgan fingerprint density at radius 2 is 1.88 bits per heavy atom. The molecule has 0 atom stereocenters. The van der Waals surface area contributed by atoms with Gasteiger partial charge in [-0.25, -0.2) is 8.78 Å². The topological polar surface area (TPSA) is 12.0 Å². The summed E-state index contributed by atoms with van der Waals surface area (Å²) in [7, 11) is 0. The van der Waals surface area contributed by atoms with Crippen molar-refractivity contribution in [3.8, 4) is 0 Å². The fourth-order valence-electron chi connectivity index (χ4n) is 1.56. The van der Waals surface area contributed by atoms with E-state index in [1.165, 1.54) is 18.2 Å². The minimum atomic E-state index is -0.508. The molecule has 0 aromatic heterocycles. The Labute approximate surface area is 102 Å². The van der Waals surface area contributed by atoms with Crippen LogP contribution in [0.1, 0.15) is 32.3 Å². The second-order valence-corrected chi connectivity index (χ2v) is 3.97. The predicted octanol–water partition coefficient (Wildman–Crippen LogP) is 3.76. The van der Waals surface area contributed by atoms with Gasteiger partial charge in [0.15, 0.2) is 0 Å². The van der Waals surface area contributed by atoms with E-state index in [0.717, 1.165) is 25.0 Å². The van der Waals surface area contributed by atoms with Crippen molar-refractivity contribution in [3.05, 3.63) is 41.0 Å². The van der Waals surface area contributed by atoms with Crippen molar-refractivity contribution in [3.63, 3.8) is 0 Å². The summed E-state index contributed by atoms with van der Waals surface area (Å²) in [5.41, 5.74) is 1.06. The summed E-state index contributed by atoms with van der Waals surface area (Å²) in [5.74, 6) is -1.02. The van der Waals surface area contributed by atoms with Crippen LogP contribution in [-0.4, -0.2) is 13.1 Å². The van der Waals surface area contributed by atoms with Crippen molar-refractivity contribution < 1.29 is 8.78 Å². The second kappa shape index (κ2) is 7.17. The van der Waals surface area contributed by atoms with Gasteiger partial charge in [-0.05, 0) is 37.6 Å². The van der Waals surface area contributed by atoms with Crippen LogP contribution in [0.4, 0.5) is 8.78 Å². The van der Waals surface area contributed by atoms with Crippen molar-refractivity contribution >= 4 is 6.08 Å². The molecule has 1 rings (SSSR count). The third kappa shape index (κ3) is 4.27. The highest BCUT2D eigenvalue weighted by Gasteiger charge is 2.06. The number of nitrogens with one attached hydrogen (secondary N) is 1. The summed E-state index contributed by atoms with van der Waals surface area (Å²) in [4.78, 5) is 0. The maximum Gasteiger partial charge on any atom is 0.133 e. The Morgan fingerprint density at radius 3 is 2.41 bits per heavy atom. The minimum Gasteiger partial charge on any atom is -0.313 e. The van der Waals surface area contributed by atoms with Crippen LogP contribution in [0.3, 0.4) is 0 Å². The van der Waals surface area contributed by atoms with Gasteiger partial charge in [-0.1, -0.05) is 25.5 Å². The Morgan fingerprint density at radius 1 is 1.24 bits per heavy atom. The van der Waals surface area contributed by atoms with Crippen molar-refractivity contribution in [1.82, 2.24) is 5.32 Å². The molecule has 1 aromatic rings. The first-order valence-corrected chi connectivity index (χ1v) is 6.03. The molecule has 0 saturated heterocycles. The van der Waals surface area contributed by atoms with Crippen LogP contribution in [0.25, 0.3) is 6.08 Å². The molecule has 0 aliphatic rings. The second-order valence-electron chi connectivity index (χ2n) is 3.97. The SMILES string of the molecule is CCCNCC(=Cc1c(F)cccc1F)CC.